The molecule has 25 heavy (non-hydrogen) atoms. The van der Waals surface area contributed by atoms with Gasteiger partial charge < -0.3 is 9.64 Å². The average molecular weight is 350 g/mol. The summed E-state index contributed by atoms with van der Waals surface area (Å²) >= 11 is 0. The van der Waals surface area contributed by atoms with Crippen molar-refractivity contribution in [3.8, 4) is 5.75 Å². The Bertz CT molecular complexity index is 678. The number of hydrogen-bond acceptors (Lipinski definition) is 3. The molecule has 0 aromatic heterocycles. The first-order chi connectivity index (χ1) is 12.1. The van der Waals surface area contributed by atoms with Crippen molar-refractivity contribution in [2.24, 2.45) is 11.8 Å². The fraction of sp³-hybridized carbons (Fsp3) is 0.632. The molecule has 1 amide bonds. The first-order valence-corrected chi connectivity index (χ1v) is 9.12. The Balaban J connectivity index is 1.57. The number of fused-ring (bicyclic) bond motifs is 4. The maximum atomic E-state index is 14.5. The summed E-state index contributed by atoms with van der Waals surface area (Å²) in [6, 6.07) is 2.62. The highest BCUT2D eigenvalue weighted by molar-refractivity contribution is 5.95. The highest BCUT2D eigenvalue weighted by Gasteiger charge is 2.39. The van der Waals surface area contributed by atoms with E-state index in [-0.39, 0.29) is 5.75 Å². The fourth-order valence-electron chi connectivity index (χ4n) is 4.25. The molecule has 0 spiro atoms. The summed E-state index contributed by atoms with van der Waals surface area (Å²) in [4.78, 5) is 17.0. The lowest BCUT2D eigenvalue weighted by atomic mass is 9.95. The van der Waals surface area contributed by atoms with Crippen LogP contribution < -0.4 is 4.74 Å². The molecule has 0 unspecified atom stereocenters. The molecule has 1 saturated carbocycles. The van der Waals surface area contributed by atoms with Gasteiger partial charge in [-0.1, -0.05) is 0 Å². The number of amides is 1. The molecule has 5 rings (SSSR count). The second-order valence-electron chi connectivity index (χ2n) is 7.64. The molecule has 3 heterocycles. The zero-order chi connectivity index (χ0) is 17.6. The molecular formula is C19H24F2N2O2. The minimum Gasteiger partial charge on any atom is -0.494 e. The number of carbonyl (C=O) groups excluding carboxylic acids is 1. The lowest BCUT2D eigenvalue weighted by Crippen LogP contribution is -2.45. The smallest absolute Gasteiger partial charge is 0.260 e. The third-order valence-electron chi connectivity index (χ3n) is 5.79. The van der Waals surface area contributed by atoms with Crippen molar-refractivity contribution >= 4 is 5.91 Å². The molecule has 6 heteroatoms. The molecule has 0 radical (unpaired) electrons. The van der Waals surface area contributed by atoms with Crippen molar-refractivity contribution in [3.05, 3.63) is 29.3 Å². The van der Waals surface area contributed by atoms with E-state index in [2.05, 4.69) is 4.90 Å². The number of ether oxygens (including phenoxy) is 1. The van der Waals surface area contributed by atoms with Crippen molar-refractivity contribution in [3.63, 3.8) is 0 Å². The molecule has 2 bridgehead atoms. The second kappa shape index (κ2) is 6.56. The lowest BCUT2D eigenvalue weighted by molar-refractivity contribution is 0.0726. The van der Waals surface area contributed by atoms with E-state index >= 15 is 0 Å². The normalized spacial score (nSPS) is 26.6. The van der Waals surface area contributed by atoms with Gasteiger partial charge in [-0.2, -0.15) is 0 Å². The molecule has 1 aromatic rings. The van der Waals surface area contributed by atoms with Crippen LogP contribution in [0.3, 0.4) is 0 Å². The number of nitrogens with zero attached hydrogens (tertiary/aromatic N) is 2. The van der Waals surface area contributed by atoms with Crippen LogP contribution in [0.4, 0.5) is 8.78 Å². The topological polar surface area (TPSA) is 32.8 Å². The van der Waals surface area contributed by atoms with E-state index < -0.39 is 23.1 Å². The predicted molar refractivity (Wildman–Crippen MR) is 89.6 cm³/mol. The van der Waals surface area contributed by atoms with E-state index in [0.29, 0.717) is 25.0 Å². The monoisotopic (exact) mass is 350 g/mol. The van der Waals surface area contributed by atoms with Crippen molar-refractivity contribution in [2.75, 3.05) is 33.3 Å². The number of methoxy groups -OCH3 is 1. The standard InChI is InChI=1S/C19H24F2N2O2/c1-25-16-7-6-15(20)17(18(16)21)19(24)23-10-13-4-5-14(11-23)22(9-13)8-12-2-3-12/h6-7,12-14H,2-5,8-11H2,1H3/t13-,14-/m1/s1. The maximum Gasteiger partial charge on any atom is 0.260 e. The Kier molecular flexibility index (Phi) is 4.40. The van der Waals surface area contributed by atoms with Crippen molar-refractivity contribution in [1.29, 1.82) is 0 Å². The van der Waals surface area contributed by atoms with Crippen molar-refractivity contribution in [2.45, 2.75) is 31.7 Å². The number of hydrogen-bond donors (Lipinski definition) is 0. The molecule has 0 N–H and O–H groups in total. The number of rotatable bonds is 4. The largest absolute Gasteiger partial charge is 0.494 e. The average Bonchev–Trinajstić information content (AvgIpc) is 3.42. The second-order valence-corrected chi connectivity index (χ2v) is 7.64. The zero-order valence-corrected chi connectivity index (χ0v) is 14.5. The van der Waals surface area contributed by atoms with Gasteiger partial charge in [0.1, 0.15) is 11.4 Å². The highest BCUT2D eigenvalue weighted by atomic mass is 19.1. The molecule has 4 nitrogen and oxygen atoms in total. The Morgan fingerprint density at radius 2 is 1.96 bits per heavy atom. The SMILES string of the molecule is COc1ccc(F)c(C(=O)N2C[C@@H]3CC[C@H](C2)N(CC2CC2)C3)c1F. The number of benzene rings is 1. The molecule has 3 aliphatic heterocycles. The minimum atomic E-state index is -0.904. The Morgan fingerprint density at radius 1 is 1.16 bits per heavy atom. The van der Waals surface area contributed by atoms with Crippen LogP contribution in [0.15, 0.2) is 12.1 Å². The van der Waals surface area contributed by atoms with E-state index in [9.17, 15) is 13.6 Å². The van der Waals surface area contributed by atoms with Gasteiger partial charge in [0, 0.05) is 32.2 Å². The molecule has 4 fully saturated rings. The number of halogens is 2. The Hall–Kier alpha value is -1.69. The van der Waals surface area contributed by atoms with Crippen molar-refractivity contribution in [1.82, 2.24) is 9.80 Å². The highest BCUT2D eigenvalue weighted by Crippen LogP contribution is 2.35. The molecular weight excluding hydrogens is 326 g/mol. The molecule has 2 atom stereocenters. The van der Waals surface area contributed by atoms with Gasteiger partial charge >= 0.3 is 0 Å². The maximum absolute atomic E-state index is 14.5. The summed E-state index contributed by atoms with van der Waals surface area (Å²) in [7, 11) is 1.31. The molecule has 136 valence electrons. The summed E-state index contributed by atoms with van der Waals surface area (Å²) < 4.78 is 33.6. The number of carbonyl (C=O) groups is 1. The van der Waals surface area contributed by atoms with Crippen LogP contribution >= 0.6 is 0 Å². The first kappa shape index (κ1) is 16.8. The molecule has 4 aliphatic rings. The minimum absolute atomic E-state index is 0.0992. The van der Waals surface area contributed by atoms with E-state index in [0.717, 1.165) is 37.9 Å². The van der Waals surface area contributed by atoms with Crippen LogP contribution in [0.2, 0.25) is 0 Å². The van der Waals surface area contributed by atoms with Crippen LogP contribution in [0.5, 0.6) is 5.75 Å². The molecule has 1 aromatic carbocycles. The predicted octanol–water partition coefficient (Wildman–Crippen LogP) is 2.92. The fourth-order valence-corrected chi connectivity index (χ4v) is 4.25. The van der Waals surface area contributed by atoms with Crippen LogP contribution in [0, 0.1) is 23.5 Å². The first-order valence-electron chi connectivity index (χ1n) is 9.12. The quantitative estimate of drug-likeness (QED) is 0.837. The summed E-state index contributed by atoms with van der Waals surface area (Å²) in [6.45, 7) is 3.23. The zero-order valence-electron chi connectivity index (χ0n) is 14.5. The summed E-state index contributed by atoms with van der Waals surface area (Å²) in [5, 5.41) is 0. The van der Waals surface area contributed by atoms with Gasteiger partial charge in [-0.3, -0.25) is 9.69 Å². The van der Waals surface area contributed by atoms with Gasteiger partial charge in [0.15, 0.2) is 11.6 Å². The Labute approximate surface area is 146 Å². The van der Waals surface area contributed by atoms with Crippen LogP contribution in [-0.2, 0) is 0 Å². The van der Waals surface area contributed by atoms with Crippen molar-refractivity contribution < 1.29 is 18.3 Å². The van der Waals surface area contributed by atoms with Gasteiger partial charge in [-0.25, -0.2) is 8.78 Å². The van der Waals surface area contributed by atoms with Gasteiger partial charge in [0.2, 0.25) is 0 Å². The molecule has 3 saturated heterocycles. The van der Waals surface area contributed by atoms with E-state index in [1.54, 1.807) is 4.90 Å². The van der Waals surface area contributed by atoms with Gasteiger partial charge in [-0.15, -0.1) is 0 Å². The van der Waals surface area contributed by atoms with Gasteiger partial charge in [-0.05, 0) is 49.7 Å². The molecule has 1 aliphatic carbocycles. The van der Waals surface area contributed by atoms with E-state index in [1.165, 1.54) is 26.0 Å². The summed E-state index contributed by atoms with van der Waals surface area (Å²) in [6.07, 6.45) is 4.75. The van der Waals surface area contributed by atoms with Crippen LogP contribution in [0.25, 0.3) is 0 Å². The van der Waals surface area contributed by atoms with Gasteiger partial charge in [0.25, 0.3) is 5.91 Å². The van der Waals surface area contributed by atoms with Crippen LogP contribution in [-0.4, -0.2) is 55.0 Å². The lowest BCUT2D eigenvalue weighted by Gasteiger charge is -2.36. The third kappa shape index (κ3) is 3.24. The third-order valence-corrected chi connectivity index (χ3v) is 5.79. The number of piperidine rings is 1. The van der Waals surface area contributed by atoms with E-state index in [1.807, 2.05) is 0 Å². The summed E-state index contributed by atoms with van der Waals surface area (Å²) in [5.74, 6) is -1.19. The van der Waals surface area contributed by atoms with E-state index in [4.69, 9.17) is 4.74 Å². The Morgan fingerprint density at radius 3 is 2.68 bits per heavy atom. The van der Waals surface area contributed by atoms with Gasteiger partial charge in [0.05, 0.1) is 7.11 Å². The van der Waals surface area contributed by atoms with Crippen LogP contribution in [0.1, 0.15) is 36.0 Å². The summed E-state index contributed by atoms with van der Waals surface area (Å²) in [5.41, 5.74) is -0.491.